The molecule has 0 fully saturated rings. The number of rotatable bonds is 1. The number of carboxylic acids is 1. The van der Waals surface area contributed by atoms with E-state index in [-0.39, 0.29) is 10.6 Å². The van der Waals surface area contributed by atoms with E-state index >= 15 is 0 Å². The van der Waals surface area contributed by atoms with Gasteiger partial charge in [0, 0.05) is 10.6 Å². The molecule has 1 rings (SSSR count). The van der Waals surface area contributed by atoms with Crippen LogP contribution in [-0.2, 0) is 11.0 Å². The zero-order valence-electron chi connectivity index (χ0n) is 8.31. The van der Waals surface area contributed by atoms with E-state index in [4.69, 9.17) is 16.7 Å². The van der Waals surface area contributed by atoms with E-state index in [0.717, 1.165) is 12.1 Å². The van der Waals surface area contributed by atoms with Crippen LogP contribution >= 0.6 is 11.6 Å². The maximum atomic E-state index is 12.4. The average molecular weight is 263 g/mol. The summed E-state index contributed by atoms with van der Waals surface area (Å²) in [6.07, 6.45) is -4.94. The highest BCUT2D eigenvalue weighted by Crippen LogP contribution is 2.31. The molecule has 0 unspecified atom stereocenters. The Kier molecular flexibility index (Phi) is 4.02. The van der Waals surface area contributed by atoms with Crippen molar-refractivity contribution < 1.29 is 23.1 Å². The monoisotopic (exact) mass is 262 g/mol. The van der Waals surface area contributed by atoms with E-state index in [9.17, 15) is 18.0 Å². The van der Waals surface area contributed by atoms with Crippen LogP contribution in [0.3, 0.4) is 0 Å². The quantitative estimate of drug-likeness (QED) is 0.789. The van der Waals surface area contributed by atoms with Gasteiger partial charge < -0.3 is 5.11 Å². The van der Waals surface area contributed by atoms with Crippen LogP contribution in [0.5, 0.6) is 0 Å². The highest BCUT2D eigenvalue weighted by Gasteiger charge is 2.30. The van der Waals surface area contributed by atoms with Crippen LogP contribution in [0.15, 0.2) is 18.2 Å². The van der Waals surface area contributed by atoms with Crippen molar-refractivity contribution in [3.63, 3.8) is 0 Å². The van der Waals surface area contributed by atoms with Gasteiger partial charge in [0.2, 0.25) is 0 Å². The molecule has 1 aromatic carbocycles. The van der Waals surface area contributed by atoms with Crippen molar-refractivity contribution in [1.29, 1.82) is 0 Å². The van der Waals surface area contributed by atoms with Gasteiger partial charge in [-0.25, -0.2) is 0 Å². The molecule has 0 saturated heterocycles. The number of aliphatic carboxylic acids is 1. The first kappa shape index (κ1) is 13.4. The smallest absolute Gasteiger partial charge is 0.416 e. The number of carbonyl (C=O) groups is 1. The Morgan fingerprint density at radius 3 is 2.53 bits per heavy atom. The molecular formula is C11H6ClF3O2. The standard InChI is InChI=1S/C11H6ClF3O2/c12-9-5-7(2-1-3-10(16)17)4-8(6-9)11(13,14)15/h4-6H,3H2,(H,16,17). The number of halogens is 4. The summed E-state index contributed by atoms with van der Waals surface area (Å²) in [5.74, 6) is 3.40. The Hall–Kier alpha value is -1.67. The molecule has 0 bridgehead atoms. The number of benzene rings is 1. The van der Waals surface area contributed by atoms with E-state index in [1.165, 1.54) is 6.07 Å². The largest absolute Gasteiger partial charge is 0.481 e. The fourth-order valence-electron chi connectivity index (χ4n) is 1.05. The lowest BCUT2D eigenvalue weighted by Crippen LogP contribution is -2.05. The fraction of sp³-hybridized carbons (Fsp3) is 0.182. The Morgan fingerprint density at radius 1 is 1.35 bits per heavy atom. The van der Waals surface area contributed by atoms with Gasteiger partial charge in [-0.2, -0.15) is 13.2 Å². The summed E-state index contributed by atoms with van der Waals surface area (Å²) in [7, 11) is 0. The molecule has 2 nitrogen and oxygen atoms in total. The van der Waals surface area contributed by atoms with Crippen molar-refractivity contribution >= 4 is 17.6 Å². The predicted octanol–water partition coefficient (Wildman–Crippen LogP) is 3.19. The van der Waals surface area contributed by atoms with Crippen LogP contribution in [0, 0.1) is 11.8 Å². The normalized spacial score (nSPS) is 10.6. The second kappa shape index (κ2) is 5.11. The summed E-state index contributed by atoms with van der Waals surface area (Å²) >= 11 is 5.51. The topological polar surface area (TPSA) is 37.3 Å². The van der Waals surface area contributed by atoms with E-state index in [1.54, 1.807) is 0 Å². The van der Waals surface area contributed by atoms with Crippen LogP contribution in [0.25, 0.3) is 0 Å². The molecule has 0 aliphatic rings. The molecule has 1 aromatic rings. The summed E-state index contributed by atoms with van der Waals surface area (Å²) < 4.78 is 37.2. The first-order chi connectivity index (χ1) is 7.79. The lowest BCUT2D eigenvalue weighted by molar-refractivity contribution is -0.138. The minimum absolute atomic E-state index is 0.0334. The molecule has 90 valence electrons. The molecule has 0 radical (unpaired) electrons. The van der Waals surface area contributed by atoms with Gasteiger partial charge in [-0.1, -0.05) is 23.4 Å². The lowest BCUT2D eigenvalue weighted by atomic mass is 10.1. The van der Waals surface area contributed by atoms with E-state index < -0.39 is 24.1 Å². The zero-order chi connectivity index (χ0) is 13.1. The molecule has 0 heterocycles. The summed E-state index contributed by atoms with van der Waals surface area (Å²) in [5, 5.41) is 8.22. The molecule has 1 N–H and O–H groups in total. The second-order valence-electron chi connectivity index (χ2n) is 3.10. The van der Waals surface area contributed by atoms with Crippen molar-refractivity contribution in [2.24, 2.45) is 0 Å². The van der Waals surface area contributed by atoms with Gasteiger partial charge >= 0.3 is 12.1 Å². The lowest BCUT2D eigenvalue weighted by Gasteiger charge is -2.07. The Bertz CT molecular complexity index is 498. The van der Waals surface area contributed by atoms with Gasteiger partial charge in [0.25, 0.3) is 0 Å². The number of alkyl halides is 3. The molecular weight excluding hydrogens is 257 g/mol. The highest BCUT2D eigenvalue weighted by molar-refractivity contribution is 6.30. The third-order valence-corrected chi connectivity index (χ3v) is 1.92. The number of hydrogen-bond acceptors (Lipinski definition) is 1. The van der Waals surface area contributed by atoms with E-state index in [1.807, 2.05) is 0 Å². The van der Waals surface area contributed by atoms with Crippen LogP contribution in [0.2, 0.25) is 5.02 Å². The molecule has 0 saturated carbocycles. The van der Waals surface area contributed by atoms with Crippen LogP contribution in [0.1, 0.15) is 17.5 Å². The van der Waals surface area contributed by atoms with Gasteiger partial charge in [-0.15, -0.1) is 0 Å². The second-order valence-corrected chi connectivity index (χ2v) is 3.54. The van der Waals surface area contributed by atoms with Crippen LogP contribution < -0.4 is 0 Å². The maximum absolute atomic E-state index is 12.4. The first-order valence-corrected chi connectivity index (χ1v) is 4.75. The average Bonchev–Trinajstić information content (AvgIpc) is 2.14. The third kappa shape index (κ3) is 4.37. The van der Waals surface area contributed by atoms with E-state index in [0.29, 0.717) is 0 Å². The molecule has 6 heteroatoms. The Labute approximate surface area is 100 Å². The molecule has 0 aliphatic heterocycles. The molecule has 0 aromatic heterocycles. The molecule has 0 atom stereocenters. The van der Waals surface area contributed by atoms with Gasteiger partial charge in [0.1, 0.15) is 6.42 Å². The Morgan fingerprint density at radius 2 is 2.00 bits per heavy atom. The Balaban J connectivity index is 3.05. The highest BCUT2D eigenvalue weighted by atomic mass is 35.5. The number of carboxylic acid groups (broad SMARTS) is 1. The van der Waals surface area contributed by atoms with Gasteiger partial charge in [-0.05, 0) is 18.2 Å². The van der Waals surface area contributed by atoms with Crippen molar-refractivity contribution in [2.45, 2.75) is 12.6 Å². The summed E-state index contributed by atoms with van der Waals surface area (Å²) in [4.78, 5) is 10.2. The van der Waals surface area contributed by atoms with Gasteiger partial charge in [0.15, 0.2) is 0 Å². The number of hydrogen-bond donors (Lipinski definition) is 1. The van der Waals surface area contributed by atoms with Crippen LogP contribution in [0.4, 0.5) is 13.2 Å². The zero-order valence-corrected chi connectivity index (χ0v) is 9.06. The summed E-state index contributed by atoms with van der Waals surface area (Å²) in [6, 6.07) is 2.84. The fourth-order valence-corrected chi connectivity index (χ4v) is 1.28. The summed E-state index contributed by atoms with van der Waals surface area (Å²) in [6.45, 7) is 0. The molecule has 0 spiro atoms. The maximum Gasteiger partial charge on any atom is 0.416 e. The molecule has 0 amide bonds. The van der Waals surface area contributed by atoms with Crippen molar-refractivity contribution in [2.75, 3.05) is 0 Å². The SMILES string of the molecule is O=C(O)CC#Cc1cc(Cl)cc(C(F)(F)F)c1. The third-order valence-electron chi connectivity index (χ3n) is 1.70. The minimum atomic E-state index is -4.51. The van der Waals surface area contributed by atoms with Crippen molar-refractivity contribution in [3.8, 4) is 11.8 Å². The molecule has 0 aliphatic carbocycles. The van der Waals surface area contributed by atoms with Gasteiger partial charge in [-0.3, -0.25) is 4.79 Å². The summed E-state index contributed by atoms with van der Waals surface area (Å²) in [5.41, 5.74) is -0.879. The molecule has 17 heavy (non-hydrogen) atoms. The minimum Gasteiger partial charge on any atom is -0.481 e. The van der Waals surface area contributed by atoms with Crippen LogP contribution in [-0.4, -0.2) is 11.1 Å². The first-order valence-electron chi connectivity index (χ1n) is 4.37. The van der Waals surface area contributed by atoms with Gasteiger partial charge in [0.05, 0.1) is 5.56 Å². The van der Waals surface area contributed by atoms with Crippen molar-refractivity contribution in [1.82, 2.24) is 0 Å². The van der Waals surface area contributed by atoms with Crippen molar-refractivity contribution in [3.05, 3.63) is 34.3 Å². The van der Waals surface area contributed by atoms with E-state index in [2.05, 4.69) is 11.8 Å². The predicted molar refractivity (Wildman–Crippen MR) is 55.6 cm³/mol.